The second-order valence-electron chi connectivity index (χ2n) is 5.16. The molecule has 0 fully saturated rings. The third kappa shape index (κ3) is 2.00. The highest BCUT2D eigenvalue weighted by molar-refractivity contribution is 7.86. The molecular weight excluding hydrogens is 278 g/mol. The Labute approximate surface area is 118 Å². The average Bonchev–Trinajstić information content (AvgIpc) is 2.78. The summed E-state index contributed by atoms with van der Waals surface area (Å²) in [7, 11) is -0.292. The second kappa shape index (κ2) is 4.51. The first-order chi connectivity index (χ1) is 9.39. The number of nitrogens with zero attached hydrogens (tertiary/aromatic N) is 5. The summed E-state index contributed by atoms with van der Waals surface area (Å²) >= 11 is 0. The zero-order valence-electron chi connectivity index (χ0n) is 11.7. The van der Waals surface area contributed by atoms with Gasteiger partial charge in [-0.05, 0) is 6.92 Å². The van der Waals surface area contributed by atoms with Crippen LogP contribution in [0, 0.1) is 6.92 Å². The molecule has 0 bridgehead atoms. The van der Waals surface area contributed by atoms with Crippen LogP contribution in [0.25, 0.3) is 5.65 Å². The number of fused-ring (bicyclic) bond motifs is 3. The smallest absolute Gasteiger partial charge is 0.237 e. The molecule has 0 N–H and O–H groups in total. The molecule has 2 aromatic heterocycles. The van der Waals surface area contributed by atoms with E-state index in [-0.39, 0.29) is 0 Å². The van der Waals surface area contributed by atoms with E-state index in [9.17, 15) is 8.42 Å². The molecule has 0 radical (unpaired) electrons. The highest BCUT2D eigenvalue weighted by Crippen LogP contribution is 2.22. The Hall–Kier alpha value is -1.51. The van der Waals surface area contributed by atoms with Crippen LogP contribution in [0.4, 0.5) is 0 Å². The first-order valence-electron chi connectivity index (χ1n) is 6.40. The van der Waals surface area contributed by atoms with E-state index < -0.39 is 10.2 Å². The predicted molar refractivity (Wildman–Crippen MR) is 74.4 cm³/mol. The molecule has 108 valence electrons. The Morgan fingerprint density at radius 1 is 1.35 bits per heavy atom. The molecular formula is C12H17N5O2S. The van der Waals surface area contributed by atoms with Gasteiger partial charge in [0.05, 0.1) is 11.4 Å². The molecule has 7 nitrogen and oxygen atoms in total. The minimum absolute atomic E-state index is 0.345. The van der Waals surface area contributed by atoms with E-state index in [1.165, 1.54) is 8.61 Å². The lowest BCUT2D eigenvalue weighted by Gasteiger charge is -2.29. The maximum absolute atomic E-state index is 12.2. The Bertz CT molecular complexity index is 765. The molecule has 2 aromatic rings. The van der Waals surface area contributed by atoms with Crippen molar-refractivity contribution in [2.24, 2.45) is 0 Å². The predicted octanol–water partition coefficient (Wildman–Crippen LogP) is 0.202. The first kappa shape index (κ1) is 13.5. The van der Waals surface area contributed by atoms with Crippen LogP contribution in [-0.4, -0.2) is 52.3 Å². The van der Waals surface area contributed by atoms with Crippen molar-refractivity contribution in [3.63, 3.8) is 0 Å². The average molecular weight is 295 g/mol. The minimum Gasteiger partial charge on any atom is -0.237 e. The Morgan fingerprint density at radius 2 is 2.10 bits per heavy atom. The molecule has 3 rings (SSSR count). The second-order valence-corrected chi connectivity index (χ2v) is 7.30. The van der Waals surface area contributed by atoms with Gasteiger partial charge in [0.2, 0.25) is 0 Å². The van der Waals surface area contributed by atoms with Gasteiger partial charge in [-0.3, -0.25) is 0 Å². The molecule has 0 unspecified atom stereocenters. The van der Waals surface area contributed by atoms with Gasteiger partial charge in [-0.15, -0.1) is 0 Å². The van der Waals surface area contributed by atoms with Crippen LogP contribution in [0.15, 0.2) is 12.3 Å². The van der Waals surface area contributed by atoms with Gasteiger partial charge >= 0.3 is 0 Å². The standard InChI is InChI=1S/C12H17N5O2S/c1-9-6-12-13-7-10-8-16(20(18,19)15(2)3)5-4-11(10)17(12)14-9/h6-7H,4-5,8H2,1-3H3. The summed E-state index contributed by atoms with van der Waals surface area (Å²) in [5, 5.41) is 4.42. The van der Waals surface area contributed by atoms with Gasteiger partial charge in [0, 0.05) is 51.4 Å². The largest absolute Gasteiger partial charge is 0.281 e. The fraction of sp³-hybridized carbons (Fsp3) is 0.500. The fourth-order valence-corrected chi connectivity index (χ4v) is 3.54. The lowest BCUT2D eigenvalue weighted by atomic mass is 10.1. The summed E-state index contributed by atoms with van der Waals surface area (Å²) in [6, 6.07) is 1.92. The van der Waals surface area contributed by atoms with Crippen LogP contribution in [-0.2, 0) is 23.2 Å². The third-order valence-electron chi connectivity index (χ3n) is 3.52. The lowest BCUT2D eigenvalue weighted by Crippen LogP contribution is -2.43. The van der Waals surface area contributed by atoms with E-state index in [1.54, 1.807) is 20.3 Å². The summed E-state index contributed by atoms with van der Waals surface area (Å²) in [5.41, 5.74) is 3.69. The number of hydrogen-bond donors (Lipinski definition) is 0. The molecule has 8 heteroatoms. The monoisotopic (exact) mass is 295 g/mol. The Morgan fingerprint density at radius 3 is 2.80 bits per heavy atom. The van der Waals surface area contributed by atoms with E-state index in [0.717, 1.165) is 22.6 Å². The number of aryl methyl sites for hydroxylation is 1. The van der Waals surface area contributed by atoms with Gasteiger partial charge in [0.15, 0.2) is 5.65 Å². The molecule has 0 spiro atoms. The highest BCUT2D eigenvalue weighted by Gasteiger charge is 2.29. The molecule has 1 aliphatic rings. The van der Waals surface area contributed by atoms with E-state index >= 15 is 0 Å². The fourth-order valence-electron chi connectivity index (χ4n) is 2.46. The number of rotatable bonds is 2. The summed E-state index contributed by atoms with van der Waals surface area (Å²) in [6.07, 6.45) is 2.39. The number of hydrogen-bond acceptors (Lipinski definition) is 4. The SMILES string of the molecule is Cc1cc2ncc3c(n2n1)CCN(S(=O)(=O)N(C)C)C3. The molecule has 0 aliphatic carbocycles. The van der Waals surface area contributed by atoms with Crippen molar-refractivity contribution in [2.45, 2.75) is 19.9 Å². The Balaban J connectivity index is 2.03. The summed E-state index contributed by atoms with van der Waals surface area (Å²) < 4.78 is 28.9. The molecule has 20 heavy (non-hydrogen) atoms. The van der Waals surface area contributed by atoms with Crippen LogP contribution >= 0.6 is 0 Å². The van der Waals surface area contributed by atoms with Crippen molar-refractivity contribution < 1.29 is 8.42 Å². The zero-order valence-corrected chi connectivity index (χ0v) is 12.6. The van der Waals surface area contributed by atoms with Gasteiger partial charge in [-0.2, -0.15) is 22.1 Å². The van der Waals surface area contributed by atoms with E-state index in [1.807, 2.05) is 17.5 Å². The highest BCUT2D eigenvalue weighted by atomic mass is 32.2. The summed E-state index contributed by atoms with van der Waals surface area (Å²) in [4.78, 5) is 4.34. The summed E-state index contributed by atoms with van der Waals surface area (Å²) in [5.74, 6) is 0. The normalized spacial score (nSPS) is 16.8. The van der Waals surface area contributed by atoms with Gasteiger partial charge < -0.3 is 0 Å². The van der Waals surface area contributed by atoms with Gasteiger partial charge in [-0.25, -0.2) is 9.50 Å². The van der Waals surface area contributed by atoms with Crippen molar-refractivity contribution in [1.82, 2.24) is 23.2 Å². The minimum atomic E-state index is -3.38. The van der Waals surface area contributed by atoms with Crippen molar-refractivity contribution in [3.05, 3.63) is 29.2 Å². The van der Waals surface area contributed by atoms with E-state index in [2.05, 4.69) is 10.1 Å². The first-order valence-corrected chi connectivity index (χ1v) is 7.80. The topological polar surface area (TPSA) is 70.8 Å². The van der Waals surface area contributed by atoms with Crippen LogP contribution in [0.3, 0.4) is 0 Å². The van der Waals surface area contributed by atoms with Crippen LogP contribution in [0.5, 0.6) is 0 Å². The molecule has 0 atom stereocenters. The van der Waals surface area contributed by atoms with Crippen molar-refractivity contribution in [3.8, 4) is 0 Å². The lowest BCUT2D eigenvalue weighted by molar-refractivity contribution is 0.353. The zero-order chi connectivity index (χ0) is 14.5. The van der Waals surface area contributed by atoms with E-state index in [0.29, 0.717) is 19.5 Å². The molecule has 3 heterocycles. The van der Waals surface area contributed by atoms with E-state index in [4.69, 9.17) is 0 Å². The molecule has 0 saturated carbocycles. The van der Waals surface area contributed by atoms with Crippen molar-refractivity contribution in [1.29, 1.82) is 0 Å². The maximum atomic E-state index is 12.2. The molecule has 0 saturated heterocycles. The third-order valence-corrected chi connectivity index (χ3v) is 5.41. The molecule has 0 aromatic carbocycles. The molecule has 1 aliphatic heterocycles. The van der Waals surface area contributed by atoms with Gasteiger partial charge in [0.25, 0.3) is 10.2 Å². The number of aromatic nitrogens is 3. The maximum Gasteiger partial charge on any atom is 0.281 e. The Kier molecular flexibility index (Phi) is 3.03. The van der Waals surface area contributed by atoms with Crippen LogP contribution < -0.4 is 0 Å². The van der Waals surface area contributed by atoms with Crippen molar-refractivity contribution in [2.75, 3.05) is 20.6 Å². The quantitative estimate of drug-likeness (QED) is 0.793. The molecule has 0 amide bonds. The van der Waals surface area contributed by atoms with Crippen molar-refractivity contribution >= 4 is 15.9 Å². The van der Waals surface area contributed by atoms with Crippen LogP contribution in [0.2, 0.25) is 0 Å². The van der Waals surface area contributed by atoms with Gasteiger partial charge in [-0.1, -0.05) is 0 Å². The van der Waals surface area contributed by atoms with Crippen LogP contribution in [0.1, 0.15) is 17.0 Å². The van der Waals surface area contributed by atoms with Gasteiger partial charge in [0.1, 0.15) is 0 Å². The summed E-state index contributed by atoms with van der Waals surface area (Å²) in [6.45, 7) is 2.73.